The average molecular weight is 435 g/mol. The third-order valence-corrected chi connectivity index (χ3v) is 5.96. The largest absolute Gasteiger partial charge is 1.00 e. The number of benzene rings is 1. The molecule has 0 bridgehead atoms. The van der Waals surface area contributed by atoms with Gasteiger partial charge in [0, 0.05) is 43.0 Å². The number of hydrogen-bond acceptors (Lipinski definition) is 0. The minimum absolute atomic E-state index is 0. The van der Waals surface area contributed by atoms with Crippen LogP contribution in [0.2, 0.25) is 0 Å². The molecular weight excluding hydrogens is 403 g/mol. The van der Waals surface area contributed by atoms with Crippen molar-refractivity contribution in [3.05, 3.63) is 64.3 Å². The maximum Gasteiger partial charge on any atom is 0.762 e. The molecule has 2 nitrogen and oxygen atoms in total. The molecule has 0 amide bonds. The van der Waals surface area contributed by atoms with Crippen molar-refractivity contribution in [3.8, 4) is 0 Å². The molecule has 7 heteroatoms. The molecule has 0 radical (unpaired) electrons. The Morgan fingerprint density at radius 2 is 1.45 bits per heavy atom. The number of nitrogens with zero attached hydrogens (tertiary/aromatic N) is 2. The minimum atomic E-state index is -3.67. The summed E-state index contributed by atoms with van der Waals surface area (Å²) in [5.74, 6) is 0. The summed E-state index contributed by atoms with van der Waals surface area (Å²) in [5.41, 5.74) is 10.2. The standard InChI is InChI=1S/C24H32N2.BF3.FH/c1-15-10-17(3)22(18(4)11-15)25-14-26(24(8,9)21(25)7)23-19(5)12-16(2)13-20(23)6;2-1(3)4;/h10-14,21H,5H2,1-4,6-9H3;;1H/q+2;;/p-1. The molecule has 3 rings (SSSR count). The lowest BCUT2D eigenvalue weighted by Gasteiger charge is -2.20. The highest BCUT2D eigenvalue weighted by molar-refractivity contribution is 6.33. The van der Waals surface area contributed by atoms with E-state index < -0.39 is 7.54 Å². The molecule has 1 aliphatic heterocycles. The normalized spacial score (nSPS) is 22.0. The molecule has 1 aliphatic carbocycles. The van der Waals surface area contributed by atoms with Crippen LogP contribution in [0.25, 0.3) is 0 Å². The van der Waals surface area contributed by atoms with Gasteiger partial charge in [0.1, 0.15) is 0 Å². The smallest absolute Gasteiger partial charge is 0.762 e. The van der Waals surface area contributed by atoms with E-state index in [1.54, 1.807) is 0 Å². The van der Waals surface area contributed by atoms with Gasteiger partial charge in [0.05, 0.1) is 0 Å². The second-order valence-corrected chi connectivity index (χ2v) is 8.81. The van der Waals surface area contributed by atoms with E-state index >= 15 is 0 Å². The van der Waals surface area contributed by atoms with Gasteiger partial charge in [-0.25, -0.2) is 0 Å². The molecular formula is C24H32BF4N2+. The van der Waals surface area contributed by atoms with Crippen molar-refractivity contribution in [1.29, 1.82) is 0 Å². The number of rotatable bonds is 1. The number of hydrogen-bond donors (Lipinski definition) is 0. The third kappa shape index (κ3) is 5.44. The summed E-state index contributed by atoms with van der Waals surface area (Å²) < 4.78 is 33.9. The highest BCUT2D eigenvalue weighted by atomic mass is 19.4. The molecule has 1 atom stereocenters. The van der Waals surface area contributed by atoms with Gasteiger partial charge in [-0.3, -0.25) is 12.9 Å². The molecule has 31 heavy (non-hydrogen) atoms. The van der Waals surface area contributed by atoms with Gasteiger partial charge in [0.15, 0.2) is 0 Å². The van der Waals surface area contributed by atoms with Crippen molar-refractivity contribution < 1.29 is 26.8 Å². The lowest BCUT2D eigenvalue weighted by Crippen LogP contribution is -3.00. The molecule has 1 aromatic carbocycles. The van der Waals surface area contributed by atoms with Crippen molar-refractivity contribution in [3.63, 3.8) is 0 Å². The Bertz CT molecular complexity index is 975. The quantitative estimate of drug-likeness (QED) is 0.363. The lowest BCUT2D eigenvalue weighted by molar-refractivity contribution is -0.498. The lowest BCUT2D eigenvalue weighted by atomic mass is 9.91. The van der Waals surface area contributed by atoms with Crippen molar-refractivity contribution in [2.75, 3.05) is 0 Å². The first kappa shape index (κ1) is 26.6. The first-order valence-corrected chi connectivity index (χ1v) is 10.1. The molecule has 0 spiro atoms. The first-order chi connectivity index (χ1) is 13.8. The average Bonchev–Trinajstić information content (AvgIpc) is 2.77. The Morgan fingerprint density at radius 1 is 0.968 bits per heavy atom. The molecule has 1 heterocycles. The fourth-order valence-electron chi connectivity index (χ4n) is 4.48. The van der Waals surface area contributed by atoms with E-state index in [-0.39, 0.29) is 10.2 Å². The molecule has 1 unspecified atom stereocenters. The summed E-state index contributed by atoms with van der Waals surface area (Å²) in [5, 5.41) is 0. The zero-order valence-corrected chi connectivity index (χ0v) is 19.7. The van der Waals surface area contributed by atoms with E-state index in [1.807, 2.05) is 0 Å². The molecule has 168 valence electrons. The monoisotopic (exact) mass is 435 g/mol. The van der Waals surface area contributed by atoms with Crippen LogP contribution in [-0.4, -0.2) is 40.3 Å². The minimum Gasteiger partial charge on any atom is -1.00 e. The highest BCUT2D eigenvalue weighted by Crippen LogP contribution is 2.34. The molecule has 0 saturated carbocycles. The fourth-order valence-corrected chi connectivity index (χ4v) is 4.48. The van der Waals surface area contributed by atoms with Crippen LogP contribution >= 0.6 is 0 Å². The molecule has 0 N–H and O–H groups in total. The van der Waals surface area contributed by atoms with Crippen LogP contribution in [0.3, 0.4) is 0 Å². The molecule has 0 aromatic heterocycles. The fraction of sp³-hybridized carbons (Fsp3) is 0.417. The molecule has 2 aliphatic rings. The Balaban J connectivity index is 0.000000885. The summed E-state index contributed by atoms with van der Waals surface area (Å²) in [6.45, 7) is 22.2. The zero-order chi connectivity index (χ0) is 23.0. The second-order valence-electron chi connectivity index (χ2n) is 8.81. The van der Waals surface area contributed by atoms with E-state index in [1.165, 1.54) is 39.2 Å². The maximum atomic E-state index is 9.67. The van der Waals surface area contributed by atoms with Crippen LogP contribution in [0, 0.1) is 20.8 Å². The zero-order valence-electron chi connectivity index (χ0n) is 19.7. The molecule has 0 fully saturated rings. The van der Waals surface area contributed by atoms with Gasteiger partial charge in [-0.2, -0.15) is 0 Å². The summed E-state index contributed by atoms with van der Waals surface area (Å²) in [6.07, 6.45) is 6.73. The topological polar surface area (TPSA) is 6.02 Å². The van der Waals surface area contributed by atoms with Gasteiger partial charge in [0.2, 0.25) is 23.0 Å². The van der Waals surface area contributed by atoms with Crippen LogP contribution in [0.4, 0.5) is 18.6 Å². The van der Waals surface area contributed by atoms with E-state index in [2.05, 4.69) is 102 Å². The maximum absolute atomic E-state index is 9.67. The highest BCUT2D eigenvalue weighted by Gasteiger charge is 2.54. The SMILES string of the molecule is C=C1C=C(C)C=C(C)C1=[N+]1C=[N+](c2c(C)cc(C)cc2C)C(C)C1(C)C.FB(F)F.[F-]. The Hall–Kier alpha value is -2.44. The van der Waals surface area contributed by atoms with Crippen LogP contribution < -0.4 is 4.70 Å². The summed E-state index contributed by atoms with van der Waals surface area (Å²) >= 11 is 0. The Morgan fingerprint density at radius 3 is 1.90 bits per heavy atom. The van der Waals surface area contributed by atoms with E-state index in [0.29, 0.717) is 6.04 Å². The van der Waals surface area contributed by atoms with Gasteiger partial charge < -0.3 is 4.70 Å². The first-order valence-electron chi connectivity index (χ1n) is 10.1. The van der Waals surface area contributed by atoms with Gasteiger partial charge in [0.25, 0.3) is 0 Å². The van der Waals surface area contributed by atoms with Crippen molar-refractivity contribution >= 4 is 25.3 Å². The van der Waals surface area contributed by atoms with Crippen LogP contribution in [-0.2, 0) is 0 Å². The number of allylic oxidation sites excluding steroid dienone is 5. The van der Waals surface area contributed by atoms with E-state index in [9.17, 15) is 12.9 Å². The van der Waals surface area contributed by atoms with Crippen molar-refractivity contribution in [2.24, 2.45) is 0 Å². The molecule has 1 aromatic rings. The third-order valence-electron chi connectivity index (χ3n) is 5.96. The Kier molecular flexibility index (Phi) is 8.40. The van der Waals surface area contributed by atoms with Gasteiger partial charge in [-0.15, -0.1) is 9.15 Å². The second kappa shape index (κ2) is 9.79. The van der Waals surface area contributed by atoms with Crippen LogP contribution in [0.15, 0.2) is 47.6 Å². The van der Waals surface area contributed by atoms with Crippen LogP contribution in [0.1, 0.15) is 51.3 Å². The summed E-state index contributed by atoms with van der Waals surface area (Å²) in [4.78, 5) is 0. The number of halogens is 4. The van der Waals surface area contributed by atoms with Gasteiger partial charge in [-0.05, 0) is 64.5 Å². The van der Waals surface area contributed by atoms with E-state index in [0.717, 1.165) is 5.57 Å². The predicted molar refractivity (Wildman–Crippen MR) is 121 cm³/mol. The number of aryl methyl sites for hydroxylation is 3. The predicted octanol–water partition coefficient (Wildman–Crippen LogP) is 3.26. The van der Waals surface area contributed by atoms with Crippen molar-refractivity contribution in [2.45, 2.75) is 67.0 Å². The van der Waals surface area contributed by atoms with Crippen molar-refractivity contribution in [1.82, 2.24) is 0 Å². The van der Waals surface area contributed by atoms with E-state index in [4.69, 9.17) is 0 Å². The van der Waals surface area contributed by atoms with Crippen LogP contribution in [0.5, 0.6) is 0 Å². The Labute approximate surface area is 183 Å². The summed E-state index contributed by atoms with van der Waals surface area (Å²) in [7, 11) is -3.67. The van der Waals surface area contributed by atoms with Gasteiger partial charge in [-0.1, -0.05) is 12.1 Å². The molecule has 0 saturated heterocycles. The van der Waals surface area contributed by atoms with Gasteiger partial charge >= 0.3 is 13.9 Å². The summed E-state index contributed by atoms with van der Waals surface area (Å²) in [6, 6.07) is 4.91.